The number of aliphatic hydroxyl groups excluding tert-OH is 2. The molecule has 0 aromatic rings. The number of hydrogen-bond donors (Lipinski definition) is 2. The molecule has 0 radical (unpaired) electrons. The topological polar surface area (TPSA) is 49.7 Å². The van der Waals surface area contributed by atoms with Crippen LogP contribution in [0.25, 0.3) is 0 Å². The molecule has 0 aromatic heterocycles. The van der Waals surface area contributed by atoms with Crippen LogP contribution < -0.4 is 0 Å². The van der Waals surface area contributed by atoms with Crippen LogP contribution >= 0.6 is 11.8 Å². The Labute approximate surface area is 70.7 Å². The molecule has 1 aliphatic rings. The van der Waals surface area contributed by atoms with Crippen molar-refractivity contribution in [3.05, 3.63) is 0 Å². The largest absolute Gasteiger partial charge is 0.396 e. The van der Waals surface area contributed by atoms with Gasteiger partial charge < -0.3 is 14.9 Å². The summed E-state index contributed by atoms with van der Waals surface area (Å²) in [6.45, 7) is 1.00. The first-order valence-electron chi connectivity index (χ1n) is 3.83. The van der Waals surface area contributed by atoms with Gasteiger partial charge in [-0.3, -0.25) is 0 Å². The first-order chi connectivity index (χ1) is 5.33. The van der Waals surface area contributed by atoms with E-state index in [2.05, 4.69) is 0 Å². The SMILES string of the molecule is OCCC1(CCO)OCCS1. The second kappa shape index (κ2) is 4.30. The maximum Gasteiger partial charge on any atom is 0.118 e. The summed E-state index contributed by atoms with van der Waals surface area (Å²) in [5.74, 6) is 0.972. The minimum atomic E-state index is -0.288. The van der Waals surface area contributed by atoms with Gasteiger partial charge in [0, 0.05) is 31.8 Å². The van der Waals surface area contributed by atoms with Gasteiger partial charge in [0.25, 0.3) is 0 Å². The lowest BCUT2D eigenvalue weighted by Crippen LogP contribution is -2.27. The van der Waals surface area contributed by atoms with E-state index in [9.17, 15) is 0 Å². The third kappa shape index (κ3) is 2.33. The lowest BCUT2D eigenvalue weighted by Gasteiger charge is -2.25. The highest BCUT2D eigenvalue weighted by Gasteiger charge is 2.34. The number of aliphatic hydroxyl groups is 2. The zero-order valence-corrected chi connectivity index (χ0v) is 7.27. The van der Waals surface area contributed by atoms with E-state index in [0.717, 1.165) is 12.4 Å². The van der Waals surface area contributed by atoms with E-state index in [-0.39, 0.29) is 18.1 Å². The maximum atomic E-state index is 8.74. The summed E-state index contributed by atoms with van der Waals surface area (Å²) in [6.07, 6.45) is 1.25. The highest BCUT2D eigenvalue weighted by molar-refractivity contribution is 8.00. The Bertz CT molecular complexity index is 104. The first kappa shape index (κ1) is 9.32. The molecule has 2 N–H and O–H groups in total. The van der Waals surface area contributed by atoms with Crippen molar-refractivity contribution in [1.29, 1.82) is 0 Å². The van der Waals surface area contributed by atoms with Crippen LogP contribution in [0.3, 0.4) is 0 Å². The quantitative estimate of drug-likeness (QED) is 0.646. The maximum absolute atomic E-state index is 8.74. The summed E-state index contributed by atoms with van der Waals surface area (Å²) in [6, 6.07) is 0. The van der Waals surface area contributed by atoms with Gasteiger partial charge in [0.15, 0.2) is 0 Å². The molecule has 0 atom stereocenters. The van der Waals surface area contributed by atoms with Crippen LogP contribution in [0, 0.1) is 0 Å². The Morgan fingerprint density at radius 1 is 1.27 bits per heavy atom. The molecule has 1 rings (SSSR count). The highest BCUT2D eigenvalue weighted by Crippen LogP contribution is 2.38. The van der Waals surface area contributed by atoms with E-state index in [1.165, 1.54) is 0 Å². The molecule has 0 spiro atoms. The Kier molecular flexibility index (Phi) is 3.65. The van der Waals surface area contributed by atoms with E-state index in [1.807, 2.05) is 0 Å². The van der Waals surface area contributed by atoms with Crippen molar-refractivity contribution in [2.75, 3.05) is 25.6 Å². The van der Waals surface area contributed by atoms with E-state index < -0.39 is 0 Å². The van der Waals surface area contributed by atoms with Gasteiger partial charge in [-0.1, -0.05) is 0 Å². The first-order valence-corrected chi connectivity index (χ1v) is 4.81. The highest BCUT2D eigenvalue weighted by atomic mass is 32.2. The molecule has 0 aliphatic carbocycles. The normalized spacial score (nSPS) is 22.4. The molecule has 3 nitrogen and oxygen atoms in total. The molecule has 1 fully saturated rings. The smallest absolute Gasteiger partial charge is 0.118 e. The molecule has 1 saturated heterocycles. The van der Waals surface area contributed by atoms with Gasteiger partial charge >= 0.3 is 0 Å². The van der Waals surface area contributed by atoms with Gasteiger partial charge in [-0.15, -0.1) is 11.8 Å². The summed E-state index contributed by atoms with van der Waals surface area (Å²) < 4.78 is 5.46. The van der Waals surface area contributed by atoms with E-state index in [1.54, 1.807) is 11.8 Å². The average molecular weight is 178 g/mol. The van der Waals surface area contributed by atoms with Crippen molar-refractivity contribution in [2.45, 2.75) is 17.8 Å². The second-order valence-electron chi connectivity index (χ2n) is 2.55. The number of rotatable bonds is 4. The predicted octanol–water partition coefficient (Wildman–Crippen LogP) is 0.211. The summed E-state index contributed by atoms with van der Waals surface area (Å²) >= 11 is 1.70. The summed E-state index contributed by atoms with van der Waals surface area (Å²) in [7, 11) is 0. The van der Waals surface area contributed by atoms with Crippen molar-refractivity contribution in [3.63, 3.8) is 0 Å². The van der Waals surface area contributed by atoms with E-state index >= 15 is 0 Å². The Hall–Kier alpha value is 0.230. The van der Waals surface area contributed by atoms with Crippen LogP contribution in [0.15, 0.2) is 0 Å². The lowest BCUT2D eigenvalue weighted by atomic mass is 10.2. The van der Waals surface area contributed by atoms with Crippen LogP contribution in [0.2, 0.25) is 0 Å². The molecule has 4 heteroatoms. The molecule has 66 valence electrons. The fourth-order valence-electron chi connectivity index (χ4n) is 1.25. The van der Waals surface area contributed by atoms with Crippen LogP contribution in [-0.2, 0) is 4.74 Å². The zero-order chi connectivity index (χ0) is 8.16. The molecular weight excluding hydrogens is 164 g/mol. The van der Waals surface area contributed by atoms with Gasteiger partial charge in [0.2, 0.25) is 0 Å². The molecular formula is C7H14O3S. The molecule has 11 heavy (non-hydrogen) atoms. The third-order valence-electron chi connectivity index (χ3n) is 1.80. The third-order valence-corrected chi connectivity index (χ3v) is 3.22. The number of hydrogen-bond acceptors (Lipinski definition) is 4. The monoisotopic (exact) mass is 178 g/mol. The van der Waals surface area contributed by atoms with Crippen LogP contribution in [-0.4, -0.2) is 40.7 Å². The van der Waals surface area contributed by atoms with Gasteiger partial charge in [0.1, 0.15) is 4.93 Å². The van der Waals surface area contributed by atoms with Crippen molar-refractivity contribution in [3.8, 4) is 0 Å². The van der Waals surface area contributed by atoms with Crippen LogP contribution in [0.1, 0.15) is 12.8 Å². The fraction of sp³-hybridized carbons (Fsp3) is 1.00. The van der Waals surface area contributed by atoms with Crippen LogP contribution in [0.5, 0.6) is 0 Å². The van der Waals surface area contributed by atoms with Gasteiger partial charge in [-0.2, -0.15) is 0 Å². The van der Waals surface area contributed by atoms with Crippen molar-refractivity contribution >= 4 is 11.8 Å². The number of ether oxygens (including phenoxy) is 1. The van der Waals surface area contributed by atoms with Gasteiger partial charge in [-0.05, 0) is 0 Å². The average Bonchev–Trinajstić information content (AvgIpc) is 2.39. The predicted molar refractivity (Wildman–Crippen MR) is 44.5 cm³/mol. The molecule has 0 unspecified atom stereocenters. The Morgan fingerprint density at radius 3 is 2.27 bits per heavy atom. The molecule has 1 heterocycles. The molecule has 0 saturated carbocycles. The Morgan fingerprint density at radius 2 is 1.91 bits per heavy atom. The Balaban J connectivity index is 2.40. The van der Waals surface area contributed by atoms with Gasteiger partial charge in [-0.25, -0.2) is 0 Å². The van der Waals surface area contributed by atoms with E-state index in [4.69, 9.17) is 14.9 Å². The minimum Gasteiger partial charge on any atom is -0.396 e. The molecule has 0 amide bonds. The lowest BCUT2D eigenvalue weighted by molar-refractivity contribution is 0.0152. The molecule has 0 aromatic carbocycles. The standard InChI is InChI=1S/C7H14O3S/c8-3-1-7(2-4-9)10-5-6-11-7/h8-9H,1-6H2. The van der Waals surface area contributed by atoms with Crippen molar-refractivity contribution in [2.24, 2.45) is 0 Å². The minimum absolute atomic E-state index is 0.132. The molecule has 1 aliphatic heterocycles. The summed E-state index contributed by atoms with van der Waals surface area (Å²) in [5, 5.41) is 17.5. The van der Waals surface area contributed by atoms with Crippen molar-refractivity contribution < 1.29 is 14.9 Å². The fourth-order valence-corrected chi connectivity index (χ4v) is 2.43. The molecule has 0 bridgehead atoms. The second-order valence-corrected chi connectivity index (χ2v) is 4.00. The number of thioether (sulfide) groups is 1. The van der Waals surface area contributed by atoms with Crippen molar-refractivity contribution in [1.82, 2.24) is 0 Å². The zero-order valence-electron chi connectivity index (χ0n) is 6.45. The summed E-state index contributed by atoms with van der Waals surface area (Å²) in [5.41, 5.74) is 0. The van der Waals surface area contributed by atoms with Gasteiger partial charge in [0.05, 0.1) is 6.61 Å². The van der Waals surface area contributed by atoms with E-state index in [0.29, 0.717) is 12.8 Å². The summed E-state index contributed by atoms with van der Waals surface area (Å²) in [4.78, 5) is -0.288. The van der Waals surface area contributed by atoms with Crippen LogP contribution in [0.4, 0.5) is 0 Å².